The minimum atomic E-state index is 0.272. The smallest absolute Gasteiger partial charge is 0.134 e. The second-order valence-electron chi connectivity index (χ2n) is 5.91. The molecule has 0 aliphatic carbocycles. The summed E-state index contributed by atoms with van der Waals surface area (Å²) in [5, 5.41) is 11.0. The van der Waals surface area contributed by atoms with Crippen molar-refractivity contribution in [3.63, 3.8) is 0 Å². The molecular weight excluding hydrogens is 318 g/mol. The van der Waals surface area contributed by atoms with Crippen LogP contribution in [0.4, 0.5) is 0 Å². The Labute approximate surface area is 146 Å². The van der Waals surface area contributed by atoms with Crippen molar-refractivity contribution in [2.24, 2.45) is 0 Å². The lowest BCUT2D eigenvalue weighted by atomic mass is 10.2. The van der Waals surface area contributed by atoms with Crippen LogP contribution in [0.25, 0.3) is 21.9 Å². The van der Waals surface area contributed by atoms with Crippen LogP contribution < -0.4 is 4.74 Å². The molecule has 4 aromatic rings. The Morgan fingerprint density at radius 2 is 1.52 bits per heavy atom. The summed E-state index contributed by atoms with van der Waals surface area (Å²) in [6.45, 7) is 1.62. The predicted molar refractivity (Wildman–Crippen MR) is 98.1 cm³/mol. The Kier molecular flexibility index (Phi) is 5.26. The third-order valence-electron chi connectivity index (χ3n) is 3.67. The number of ether oxygens (including phenoxy) is 1. The lowest BCUT2D eigenvalue weighted by Gasteiger charge is -2.10. The molecule has 2 heterocycles. The number of hydrogen-bond acceptors (Lipinski definition) is 5. The van der Waals surface area contributed by atoms with E-state index in [1.807, 2.05) is 44.4 Å². The van der Waals surface area contributed by atoms with Crippen molar-refractivity contribution in [1.29, 1.82) is 0 Å². The summed E-state index contributed by atoms with van der Waals surface area (Å²) in [5.41, 5.74) is 1.70. The quantitative estimate of drug-likeness (QED) is 0.593. The number of phenolic OH excluding ortho intramolecular Hbond substituents is 1. The molecule has 0 saturated heterocycles. The molecule has 2 aromatic heterocycles. The fourth-order valence-electron chi connectivity index (χ4n) is 2.33. The summed E-state index contributed by atoms with van der Waals surface area (Å²) in [6.07, 6.45) is 3.29. The van der Waals surface area contributed by atoms with Crippen molar-refractivity contribution in [3.05, 3.63) is 61.1 Å². The SMILES string of the molecule is CN(C)CCOc1ccc2occc2c1.Oc1ccc2occc2c1. The molecule has 0 unspecified atom stereocenters. The molecule has 130 valence electrons. The van der Waals surface area contributed by atoms with Crippen molar-refractivity contribution in [2.45, 2.75) is 0 Å². The van der Waals surface area contributed by atoms with Gasteiger partial charge in [-0.3, -0.25) is 0 Å². The van der Waals surface area contributed by atoms with Crippen LogP contribution in [-0.2, 0) is 0 Å². The van der Waals surface area contributed by atoms with E-state index in [4.69, 9.17) is 18.7 Å². The van der Waals surface area contributed by atoms with Gasteiger partial charge in [0.2, 0.25) is 0 Å². The number of furan rings is 2. The summed E-state index contributed by atoms with van der Waals surface area (Å²) >= 11 is 0. The van der Waals surface area contributed by atoms with E-state index in [2.05, 4.69) is 4.90 Å². The largest absolute Gasteiger partial charge is 0.508 e. The number of phenols is 1. The average molecular weight is 339 g/mol. The number of nitrogens with zero attached hydrogens (tertiary/aromatic N) is 1. The highest BCUT2D eigenvalue weighted by molar-refractivity contribution is 5.79. The summed E-state index contributed by atoms with van der Waals surface area (Å²) in [7, 11) is 4.06. The first-order valence-electron chi connectivity index (χ1n) is 8.03. The first-order chi connectivity index (χ1) is 12.1. The van der Waals surface area contributed by atoms with Crippen LogP contribution >= 0.6 is 0 Å². The van der Waals surface area contributed by atoms with Gasteiger partial charge in [0.1, 0.15) is 29.3 Å². The van der Waals surface area contributed by atoms with E-state index in [1.54, 1.807) is 30.7 Å². The van der Waals surface area contributed by atoms with Gasteiger partial charge in [0, 0.05) is 17.3 Å². The summed E-state index contributed by atoms with van der Waals surface area (Å²) in [4.78, 5) is 2.09. The predicted octanol–water partition coefficient (Wildman–Crippen LogP) is 4.51. The van der Waals surface area contributed by atoms with Gasteiger partial charge in [-0.1, -0.05) is 0 Å². The molecule has 2 aromatic carbocycles. The number of rotatable bonds is 4. The molecule has 0 aliphatic heterocycles. The zero-order valence-electron chi connectivity index (χ0n) is 14.3. The van der Waals surface area contributed by atoms with Gasteiger partial charge in [-0.2, -0.15) is 0 Å². The number of hydrogen-bond donors (Lipinski definition) is 1. The molecule has 0 atom stereocenters. The monoisotopic (exact) mass is 339 g/mol. The highest BCUT2D eigenvalue weighted by Crippen LogP contribution is 2.21. The Morgan fingerprint density at radius 3 is 2.20 bits per heavy atom. The molecular formula is C20H21NO4. The van der Waals surface area contributed by atoms with Crippen LogP contribution in [0.5, 0.6) is 11.5 Å². The fraction of sp³-hybridized carbons (Fsp3) is 0.200. The third-order valence-corrected chi connectivity index (χ3v) is 3.67. The molecule has 5 nitrogen and oxygen atoms in total. The molecule has 1 N–H and O–H groups in total. The second-order valence-corrected chi connectivity index (χ2v) is 5.91. The zero-order chi connectivity index (χ0) is 17.6. The summed E-state index contributed by atoms with van der Waals surface area (Å²) in [6, 6.07) is 14.6. The van der Waals surface area contributed by atoms with E-state index in [9.17, 15) is 0 Å². The lowest BCUT2D eigenvalue weighted by molar-refractivity contribution is 0.261. The Bertz CT molecular complexity index is 939. The Morgan fingerprint density at radius 1 is 0.880 bits per heavy atom. The normalized spacial score (nSPS) is 10.8. The minimum absolute atomic E-state index is 0.272. The van der Waals surface area contributed by atoms with E-state index in [0.717, 1.165) is 34.2 Å². The first kappa shape index (κ1) is 16.9. The molecule has 0 fully saturated rings. The topological polar surface area (TPSA) is 59.0 Å². The van der Waals surface area contributed by atoms with E-state index < -0.39 is 0 Å². The molecule has 25 heavy (non-hydrogen) atoms. The van der Waals surface area contributed by atoms with Gasteiger partial charge in [0.05, 0.1) is 12.5 Å². The van der Waals surface area contributed by atoms with Crippen molar-refractivity contribution in [3.8, 4) is 11.5 Å². The van der Waals surface area contributed by atoms with Crippen molar-refractivity contribution >= 4 is 21.9 Å². The van der Waals surface area contributed by atoms with Crippen LogP contribution in [0.3, 0.4) is 0 Å². The molecule has 0 radical (unpaired) electrons. The van der Waals surface area contributed by atoms with E-state index in [0.29, 0.717) is 6.61 Å². The van der Waals surface area contributed by atoms with Crippen LogP contribution in [0.2, 0.25) is 0 Å². The molecule has 4 rings (SSSR count). The maximum Gasteiger partial charge on any atom is 0.134 e. The molecule has 0 amide bonds. The highest BCUT2D eigenvalue weighted by Gasteiger charge is 1.99. The summed E-state index contributed by atoms with van der Waals surface area (Å²) in [5.74, 6) is 1.17. The minimum Gasteiger partial charge on any atom is -0.508 e. The van der Waals surface area contributed by atoms with Gasteiger partial charge in [0.25, 0.3) is 0 Å². The van der Waals surface area contributed by atoms with Crippen molar-refractivity contribution < 1.29 is 18.7 Å². The third kappa shape index (κ3) is 4.55. The van der Waals surface area contributed by atoms with Gasteiger partial charge in [-0.25, -0.2) is 0 Å². The van der Waals surface area contributed by atoms with Gasteiger partial charge in [0.15, 0.2) is 0 Å². The number of fused-ring (bicyclic) bond motifs is 2. The first-order valence-corrected chi connectivity index (χ1v) is 8.03. The fourth-order valence-corrected chi connectivity index (χ4v) is 2.33. The van der Waals surface area contributed by atoms with Gasteiger partial charge in [-0.15, -0.1) is 0 Å². The molecule has 0 bridgehead atoms. The van der Waals surface area contributed by atoms with Crippen molar-refractivity contribution in [1.82, 2.24) is 4.90 Å². The number of aromatic hydroxyl groups is 1. The average Bonchev–Trinajstić information content (AvgIpc) is 3.22. The van der Waals surface area contributed by atoms with Crippen LogP contribution in [0.1, 0.15) is 0 Å². The Hall–Kier alpha value is -2.92. The number of benzene rings is 2. The van der Waals surface area contributed by atoms with E-state index in [1.165, 1.54) is 0 Å². The van der Waals surface area contributed by atoms with Crippen molar-refractivity contribution in [2.75, 3.05) is 27.2 Å². The molecule has 0 spiro atoms. The molecule has 0 saturated carbocycles. The maximum absolute atomic E-state index is 9.01. The highest BCUT2D eigenvalue weighted by atomic mass is 16.5. The zero-order valence-corrected chi connectivity index (χ0v) is 14.3. The van der Waals surface area contributed by atoms with Gasteiger partial charge >= 0.3 is 0 Å². The lowest BCUT2D eigenvalue weighted by Crippen LogP contribution is -2.19. The second kappa shape index (κ2) is 7.77. The molecule has 5 heteroatoms. The summed E-state index contributed by atoms with van der Waals surface area (Å²) < 4.78 is 15.9. The van der Waals surface area contributed by atoms with Gasteiger partial charge < -0.3 is 23.6 Å². The maximum atomic E-state index is 9.01. The van der Waals surface area contributed by atoms with Crippen LogP contribution in [0.15, 0.2) is 69.9 Å². The molecule has 0 aliphatic rings. The number of likely N-dealkylation sites (N-methyl/N-ethyl adjacent to an activating group) is 1. The van der Waals surface area contributed by atoms with E-state index in [-0.39, 0.29) is 5.75 Å². The van der Waals surface area contributed by atoms with Crippen LogP contribution in [-0.4, -0.2) is 37.3 Å². The van der Waals surface area contributed by atoms with E-state index >= 15 is 0 Å². The standard InChI is InChI=1S/C12H15NO2.C8H6O2/c1-13(2)6-8-14-11-3-4-12-10(9-11)5-7-15-12;9-7-1-2-8-6(5-7)3-4-10-8/h3-5,7,9H,6,8H2,1-2H3;1-5,9H. The van der Waals surface area contributed by atoms with Gasteiger partial charge in [-0.05, 0) is 62.6 Å². The van der Waals surface area contributed by atoms with Crippen LogP contribution in [0, 0.1) is 0 Å². The Balaban J connectivity index is 0.000000157.